The second kappa shape index (κ2) is 5.42. The fourth-order valence-electron chi connectivity index (χ4n) is 1.98. The molecule has 1 fully saturated rings. The van der Waals surface area contributed by atoms with Gasteiger partial charge in [-0.25, -0.2) is 0 Å². The Morgan fingerprint density at radius 3 is 2.29 bits per heavy atom. The van der Waals surface area contributed by atoms with Crippen LogP contribution in [0.4, 0.5) is 5.69 Å². The van der Waals surface area contributed by atoms with Gasteiger partial charge in [-0.3, -0.25) is 4.79 Å². The molecule has 1 aliphatic heterocycles. The minimum Gasteiger partial charge on any atom is -0.387 e. The van der Waals surface area contributed by atoms with Gasteiger partial charge in [0.2, 0.25) is 5.91 Å². The predicted molar refractivity (Wildman–Crippen MR) is 69.6 cm³/mol. The SMILES string of the molecule is O=C(CO)N1CCN(c2ccc(S)cc2)CC1. The number of hydrogen-bond acceptors (Lipinski definition) is 4. The summed E-state index contributed by atoms with van der Waals surface area (Å²) < 4.78 is 0. The first-order chi connectivity index (χ1) is 8.20. The minimum atomic E-state index is -0.394. The molecule has 1 saturated heterocycles. The number of amides is 1. The molecule has 0 radical (unpaired) electrons. The van der Waals surface area contributed by atoms with Crippen molar-refractivity contribution in [1.29, 1.82) is 0 Å². The van der Waals surface area contributed by atoms with Gasteiger partial charge in [-0.2, -0.15) is 0 Å². The largest absolute Gasteiger partial charge is 0.387 e. The molecule has 0 unspecified atom stereocenters. The van der Waals surface area contributed by atoms with Crippen LogP contribution in [0, 0.1) is 0 Å². The van der Waals surface area contributed by atoms with Crippen LogP contribution in [0.2, 0.25) is 0 Å². The van der Waals surface area contributed by atoms with Gasteiger partial charge in [-0.05, 0) is 24.3 Å². The first-order valence-electron chi connectivity index (χ1n) is 5.63. The van der Waals surface area contributed by atoms with Crippen LogP contribution in [-0.4, -0.2) is 48.7 Å². The van der Waals surface area contributed by atoms with Crippen LogP contribution in [0.1, 0.15) is 0 Å². The number of rotatable bonds is 2. The van der Waals surface area contributed by atoms with Gasteiger partial charge in [0.15, 0.2) is 0 Å². The van der Waals surface area contributed by atoms with E-state index in [0.717, 1.165) is 23.7 Å². The summed E-state index contributed by atoms with van der Waals surface area (Å²) in [6.07, 6.45) is 0. The predicted octanol–water partition coefficient (Wildman–Crippen LogP) is 0.616. The maximum atomic E-state index is 11.3. The lowest BCUT2D eigenvalue weighted by atomic mass is 10.2. The van der Waals surface area contributed by atoms with E-state index in [1.807, 2.05) is 24.3 Å². The van der Waals surface area contributed by atoms with E-state index < -0.39 is 6.61 Å². The molecule has 4 nitrogen and oxygen atoms in total. The Balaban J connectivity index is 1.95. The highest BCUT2D eigenvalue weighted by Crippen LogP contribution is 2.18. The standard InChI is InChI=1S/C12H16N2O2S/c15-9-12(16)14-7-5-13(6-8-14)10-1-3-11(17)4-2-10/h1-4,15,17H,5-9H2. The zero-order valence-corrected chi connectivity index (χ0v) is 10.4. The van der Waals surface area contributed by atoms with Crippen molar-refractivity contribution >= 4 is 24.2 Å². The molecule has 1 heterocycles. The van der Waals surface area contributed by atoms with E-state index in [9.17, 15) is 4.79 Å². The lowest BCUT2D eigenvalue weighted by Gasteiger charge is -2.35. The Morgan fingerprint density at radius 2 is 1.76 bits per heavy atom. The smallest absolute Gasteiger partial charge is 0.248 e. The quantitative estimate of drug-likeness (QED) is 0.758. The number of aliphatic hydroxyl groups excluding tert-OH is 1. The summed E-state index contributed by atoms with van der Waals surface area (Å²) in [7, 11) is 0. The normalized spacial score (nSPS) is 16.1. The van der Waals surface area contributed by atoms with Crippen molar-refractivity contribution in [3.8, 4) is 0 Å². The Hall–Kier alpha value is -1.20. The zero-order valence-electron chi connectivity index (χ0n) is 9.54. The molecule has 0 aromatic heterocycles. The van der Waals surface area contributed by atoms with Crippen molar-refractivity contribution in [3.63, 3.8) is 0 Å². The summed E-state index contributed by atoms with van der Waals surface area (Å²) in [6.45, 7) is 2.55. The highest BCUT2D eigenvalue weighted by molar-refractivity contribution is 7.80. The summed E-state index contributed by atoms with van der Waals surface area (Å²) in [5.74, 6) is -0.185. The number of anilines is 1. The van der Waals surface area contributed by atoms with Crippen molar-refractivity contribution in [2.24, 2.45) is 0 Å². The molecule has 5 heteroatoms. The van der Waals surface area contributed by atoms with Crippen molar-refractivity contribution in [1.82, 2.24) is 4.90 Å². The van der Waals surface area contributed by atoms with E-state index in [0.29, 0.717) is 13.1 Å². The van der Waals surface area contributed by atoms with Crippen molar-refractivity contribution in [3.05, 3.63) is 24.3 Å². The van der Waals surface area contributed by atoms with E-state index >= 15 is 0 Å². The number of hydrogen-bond donors (Lipinski definition) is 2. The molecule has 92 valence electrons. The Morgan fingerprint density at radius 1 is 1.18 bits per heavy atom. The molecule has 17 heavy (non-hydrogen) atoms. The summed E-state index contributed by atoms with van der Waals surface area (Å²) in [5.41, 5.74) is 1.15. The minimum absolute atomic E-state index is 0.185. The van der Waals surface area contributed by atoms with Crippen LogP contribution >= 0.6 is 12.6 Å². The fraction of sp³-hybridized carbons (Fsp3) is 0.417. The van der Waals surface area contributed by atoms with Gasteiger partial charge < -0.3 is 14.9 Å². The van der Waals surface area contributed by atoms with E-state index in [2.05, 4.69) is 17.5 Å². The monoisotopic (exact) mass is 252 g/mol. The first kappa shape index (κ1) is 12.3. The van der Waals surface area contributed by atoms with Gasteiger partial charge in [0.25, 0.3) is 0 Å². The molecule has 1 aromatic carbocycles. The summed E-state index contributed by atoms with van der Waals surface area (Å²) in [4.78, 5) is 16.2. The molecule has 0 spiro atoms. The lowest BCUT2D eigenvalue weighted by molar-refractivity contribution is -0.134. The van der Waals surface area contributed by atoms with E-state index in [1.54, 1.807) is 4.90 Å². The van der Waals surface area contributed by atoms with Crippen LogP contribution < -0.4 is 4.90 Å². The third-order valence-electron chi connectivity index (χ3n) is 2.98. The molecule has 0 saturated carbocycles. The molecule has 0 bridgehead atoms. The molecule has 1 amide bonds. The van der Waals surface area contributed by atoms with E-state index in [4.69, 9.17) is 5.11 Å². The summed E-state index contributed by atoms with van der Waals surface area (Å²) >= 11 is 4.25. The van der Waals surface area contributed by atoms with Gasteiger partial charge in [0, 0.05) is 36.8 Å². The summed E-state index contributed by atoms with van der Waals surface area (Å²) in [5, 5.41) is 8.79. The van der Waals surface area contributed by atoms with E-state index in [-0.39, 0.29) is 5.91 Å². The third-order valence-corrected chi connectivity index (χ3v) is 3.28. The van der Waals surface area contributed by atoms with Crippen LogP contribution in [0.15, 0.2) is 29.2 Å². The van der Waals surface area contributed by atoms with Crippen molar-refractivity contribution in [2.75, 3.05) is 37.7 Å². The van der Waals surface area contributed by atoms with Gasteiger partial charge in [-0.1, -0.05) is 0 Å². The van der Waals surface area contributed by atoms with Gasteiger partial charge in [0.05, 0.1) is 0 Å². The number of carbonyl (C=O) groups is 1. The third kappa shape index (κ3) is 2.92. The number of benzene rings is 1. The number of aliphatic hydroxyl groups is 1. The van der Waals surface area contributed by atoms with Gasteiger partial charge >= 0.3 is 0 Å². The Labute approximate surface area is 106 Å². The Kier molecular flexibility index (Phi) is 3.91. The van der Waals surface area contributed by atoms with Crippen LogP contribution in [-0.2, 0) is 4.79 Å². The number of piperazine rings is 1. The lowest BCUT2D eigenvalue weighted by Crippen LogP contribution is -2.49. The number of carbonyl (C=O) groups excluding carboxylic acids is 1. The molecule has 0 atom stereocenters. The van der Waals surface area contributed by atoms with Gasteiger partial charge in [-0.15, -0.1) is 12.6 Å². The topological polar surface area (TPSA) is 43.8 Å². The van der Waals surface area contributed by atoms with Crippen molar-refractivity contribution in [2.45, 2.75) is 4.90 Å². The second-order valence-corrected chi connectivity index (χ2v) is 4.56. The fourth-order valence-corrected chi connectivity index (χ4v) is 2.13. The maximum Gasteiger partial charge on any atom is 0.248 e. The molecular weight excluding hydrogens is 236 g/mol. The van der Waals surface area contributed by atoms with Gasteiger partial charge in [0.1, 0.15) is 6.61 Å². The highest BCUT2D eigenvalue weighted by atomic mass is 32.1. The molecular formula is C12H16N2O2S. The molecule has 0 aliphatic carbocycles. The zero-order chi connectivity index (χ0) is 12.3. The number of thiol groups is 1. The molecule has 1 aliphatic rings. The Bertz CT molecular complexity index is 386. The molecule has 1 N–H and O–H groups in total. The second-order valence-electron chi connectivity index (χ2n) is 4.04. The molecule has 2 rings (SSSR count). The maximum absolute atomic E-state index is 11.3. The average Bonchev–Trinajstić information content (AvgIpc) is 2.39. The average molecular weight is 252 g/mol. The summed E-state index contributed by atoms with van der Waals surface area (Å²) in [6, 6.07) is 7.99. The first-order valence-corrected chi connectivity index (χ1v) is 6.08. The van der Waals surface area contributed by atoms with Crippen LogP contribution in [0.5, 0.6) is 0 Å². The highest BCUT2D eigenvalue weighted by Gasteiger charge is 2.20. The van der Waals surface area contributed by atoms with Crippen molar-refractivity contribution < 1.29 is 9.90 Å². The van der Waals surface area contributed by atoms with Crippen LogP contribution in [0.3, 0.4) is 0 Å². The van der Waals surface area contributed by atoms with E-state index in [1.165, 1.54) is 0 Å². The number of nitrogens with zero attached hydrogens (tertiary/aromatic N) is 2. The molecule has 1 aromatic rings. The van der Waals surface area contributed by atoms with Crippen LogP contribution in [0.25, 0.3) is 0 Å².